The average Bonchev–Trinajstić information content (AvgIpc) is 1.96. The van der Waals surface area contributed by atoms with Crippen molar-refractivity contribution in [3.05, 3.63) is 0 Å². The SMILES string of the molecule is CC(=O)[C@@H]1C[C@H](CCO)C1(C)C. The van der Waals surface area contributed by atoms with Crippen LogP contribution in [0.1, 0.15) is 33.6 Å². The van der Waals surface area contributed by atoms with Gasteiger partial charge in [0.25, 0.3) is 0 Å². The number of carbonyl (C=O) groups excluding carboxylic acids is 1. The first-order valence-corrected chi connectivity index (χ1v) is 4.61. The van der Waals surface area contributed by atoms with Crippen molar-refractivity contribution in [1.82, 2.24) is 0 Å². The smallest absolute Gasteiger partial charge is 0.133 e. The molecule has 0 aromatic heterocycles. The van der Waals surface area contributed by atoms with Crippen LogP contribution >= 0.6 is 0 Å². The minimum atomic E-state index is 0.120. The van der Waals surface area contributed by atoms with E-state index < -0.39 is 0 Å². The maximum absolute atomic E-state index is 11.1. The largest absolute Gasteiger partial charge is 0.396 e. The first-order chi connectivity index (χ1) is 5.50. The molecule has 0 saturated heterocycles. The maximum atomic E-state index is 11.1. The summed E-state index contributed by atoms with van der Waals surface area (Å²) >= 11 is 0. The van der Waals surface area contributed by atoms with Crippen LogP contribution in [0.25, 0.3) is 0 Å². The Kier molecular flexibility index (Phi) is 2.57. The maximum Gasteiger partial charge on any atom is 0.133 e. The minimum Gasteiger partial charge on any atom is -0.396 e. The molecule has 0 heterocycles. The van der Waals surface area contributed by atoms with E-state index in [9.17, 15) is 4.79 Å². The Hall–Kier alpha value is -0.370. The third-order valence-electron chi connectivity index (χ3n) is 3.44. The van der Waals surface area contributed by atoms with Crippen LogP contribution in [0, 0.1) is 17.3 Å². The molecule has 1 saturated carbocycles. The van der Waals surface area contributed by atoms with Gasteiger partial charge in [-0.2, -0.15) is 0 Å². The van der Waals surface area contributed by atoms with E-state index in [2.05, 4.69) is 13.8 Å². The van der Waals surface area contributed by atoms with Crippen LogP contribution < -0.4 is 0 Å². The Balaban J connectivity index is 2.53. The van der Waals surface area contributed by atoms with E-state index >= 15 is 0 Å². The molecule has 2 heteroatoms. The Morgan fingerprint density at radius 3 is 2.50 bits per heavy atom. The topological polar surface area (TPSA) is 37.3 Å². The molecule has 2 nitrogen and oxygen atoms in total. The first kappa shape index (κ1) is 9.72. The molecular weight excluding hydrogens is 152 g/mol. The molecule has 0 aromatic rings. The summed E-state index contributed by atoms with van der Waals surface area (Å²) in [5.41, 5.74) is 0.120. The molecule has 0 spiro atoms. The highest BCUT2D eigenvalue weighted by molar-refractivity contribution is 5.80. The summed E-state index contributed by atoms with van der Waals surface area (Å²) in [4.78, 5) is 11.1. The van der Waals surface area contributed by atoms with E-state index in [0.717, 1.165) is 12.8 Å². The Morgan fingerprint density at radius 1 is 1.58 bits per heavy atom. The summed E-state index contributed by atoms with van der Waals surface area (Å²) in [6, 6.07) is 0. The molecule has 1 aliphatic rings. The summed E-state index contributed by atoms with van der Waals surface area (Å²) in [5.74, 6) is 1.07. The van der Waals surface area contributed by atoms with Gasteiger partial charge in [0.2, 0.25) is 0 Å². The van der Waals surface area contributed by atoms with Crippen molar-refractivity contribution in [1.29, 1.82) is 0 Å². The van der Waals surface area contributed by atoms with Crippen LogP contribution in [0.5, 0.6) is 0 Å². The molecule has 0 amide bonds. The van der Waals surface area contributed by atoms with E-state index in [1.165, 1.54) is 0 Å². The van der Waals surface area contributed by atoms with E-state index in [4.69, 9.17) is 5.11 Å². The van der Waals surface area contributed by atoms with Crippen LogP contribution in [0.15, 0.2) is 0 Å². The molecule has 12 heavy (non-hydrogen) atoms. The van der Waals surface area contributed by atoms with Gasteiger partial charge in [-0.3, -0.25) is 4.79 Å². The highest BCUT2D eigenvalue weighted by Gasteiger charge is 2.49. The van der Waals surface area contributed by atoms with Gasteiger partial charge >= 0.3 is 0 Å². The Bertz CT molecular complexity index is 184. The van der Waals surface area contributed by atoms with Crippen molar-refractivity contribution in [2.75, 3.05) is 6.61 Å². The third kappa shape index (κ3) is 1.40. The lowest BCUT2D eigenvalue weighted by Gasteiger charge is -2.51. The van der Waals surface area contributed by atoms with Gasteiger partial charge in [0, 0.05) is 12.5 Å². The van der Waals surface area contributed by atoms with Gasteiger partial charge in [-0.25, -0.2) is 0 Å². The fourth-order valence-corrected chi connectivity index (χ4v) is 2.35. The summed E-state index contributed by atoms with van der Waals surface area (Å²) in [7, 11) is 0. The number of Topliss-reactive ketones (excluding diaryl/α,β-unsaturated/α-hetero) is 1. The summed E-state index contributed by atoms with van der Waals surface area (Å²) in [6.45, 7) is 6.17. The van der Waals surface area contributed by atoms with Gasteiger partial charge < -0.3 is 5.11 Å². The molecular formula is C10H18O2. The molecule has 0 aromatic carbocycles. The molecule has 0 bridgehead atoms. The van der Waals surface area contributed by atoms with Gasteiger partial charge in [-0.1, -0.05) is 13.8 Å². The molecule has 0 aliphatic heterocycles. The van der Waals surface area contributed by atoms with Crippen molar-refractivity contribution in [3.63, 3.8) is 0 Å². The second-order valence-electron chi connectivity index (χ2n) is 4.43. The normalized spacial score (nSPS) is 32.7. The number of aliphatic hydroxyl groups is 1. The lowest BCUT2D eigenvalue weighted by atomic mass is 9.53. The molecule has 1 N–H and O–H groups in total. The summed E-state index contributed by atoms with van der Waals surface area (Å²) in [5, 5.41) is 8.77. The van der Waals surface area contributed by atoms with Crippen LogP contribution in [-0.4, -0.2) is 17.5 Å². The fraction of sp³-hybridized carbons (Fsp3) is 0.900. The molecule has 2 atom stereocenters. The molecule has 0 radical (unpaired) electrons. The number of hydrogen-bond donors (Lipinski definition) is 1. The van der Waals surface area contributed by atoms with Gasteiger partial charge in [0.05, 0.1) is 0 Å². The number of rotatable bonds is 3. The molecule has 1 rings (SSSR count). The standard InChI is InChI=1S/C10H18O2/c1-7(12)9-6-8(4-5-11)10(9,2)3/h8-9,11H,4-6H2,1-3H3/t8-,9-/m0/s1. The molecule has 70 valence electrons. The van der Waals surface area contributed by atoms with E-state index in [1.807, 2.05) is 0 Å². The Labute approximate surface area is 74.0 Å². The van der Waals surface area contributed by atoms with E-state index in [-0.39, 0.29) is 17.9 Å². The van der Waals surface area contributed by atoms with Crippen molar-refractivity contribution < 1.29 is 9.90 Å². The predicted octanol–water partition coefficient (Wildman–Crippen LogP) is 1.62. The van der Waals surface area contributed by atoms with Crippen LogP contribution in [-0.2, 0) is 4.79 Å². The van der Waals surface area contributed by atoms with Crippen molar-refractivity contribution >= 4 is 5.78 Å². The second kappa shape index (κ2) is 3.17. The van der Waals surface area contributed by atoms with Gasteiger partial charge in [0.15, 0.2) is 0 Å². The van der Waals surface area contributed by atoms with Crippen LogP contribution in [0.4, 0.5) is 0 Å². The van der Waals surface area contributed by atoms with Crippen molar-refractivity contribution in [2.45, 2.75) is 33.6 Å². The predicted molar refractivity (Wildman–Crippen MR) is 47.8 cm³/mol. The highest BCUT2D eigenvalue weighted by Crippen LogP contribution is 2.52. The van der Waals surface area contributed by atoms with Crippen LogP contribution in [0.2, 0.25) is 0 Å². The number of aliphatic hydroxyl groups excluding tert-OH is 1. The van der Waals surface area contributed by atoms with Crippen molar-refractivity contribution in [2.24, 2.45) is 17.3 Å². The zero-order valence-corrected chi connectivity index (χ0v) is 8.13. The average molecular weight is 170 g/mol. The van der Waals surface area contributed by atoms with Gasteiger partial charge in [-0.15, -0.1) is 0 Å². The zero-order chi connectivity index (χ0) is 9.35. The van der Waals surface area contributed by atoms with Gasteiger partial charge in [0.1, 0.15) is 5.78 Å². The zero-order valence-electron chi connectivity index (χ0n) is 8.13. The van der Waals surface area contributed by atoms with E-state index in [1.54, 1.807) is 6.92 Å². The van der Waals surface area contributed by atoms with Gasteiger partial charge in [-0.05, 0) is 31.1 Å². The lowest BCUT2D eigenvalue weighted by molar-refractivity contribution is -0.137. The summed E-state index contributed by atoms with van der Waals surface area (Å²) < 4.78 is 0. The fourth-order valence-electron chi connectivity index (χ4n) is 2.35. The first-order valence-electron chi connectivity index (χ1n) is 4.61. The number of hydrogen-bond acceptors (Lipinski definition) is 2. The van der Waals surface area contributed by atoms with E-state index in [0.29, 0.717) is 11.7 Å². The minimum absolute atomic E-state index is 0.120. The molecule has 1 aliphatic carbocycles. The summed E-state index contributed by atoms with van der Waals surface area (Å²) in [6.07, 6.45) is 1.82. The molecule has 0 unspecified atom stereocenters. The monoisotopic (exact) mass is 170 g/mol. The van der Waals surface area contributed by atoms with Crippen LogP contribution in [0.3, 0.4) is 0 Å². The number of carbonyl (C=O) groups is 1. The molecule has 1 fully saturated rings. The second-order valence-corrected chi connectivity index (χ2v) is 4.43. The number of ketones is 1. The Morgan fingerprint density at radius 2 is 2.17 bits per heavy atom. The lowest BCUT2D eigenvalue weighted by Crippen LogP contribution is -2.48. The highest BCUT2D eigenvalue weighted by atomic mass is 16.3. The van der Waals surface area contributed by atoms with Crippen molar-refractivity contribution in [3.8, 4) is 0 Å². The third-order valence-corrected chi connectivity index (χ3v) is 3.44. The quantitative estimate of drug-likeness (QED) is 0.698.